The van der Waals surface area contributed by atoms with E-state index < -0.39 is 6.36 Å². The van der Waals surface area contributed by atoms with Gasteiger partial charge in [0.05, 0.1) is 5.69 Å². The van der Waals surface area contributed by atoms with Crippen molar-refractivity contribution < 1.29 is 22.7 Å². The highest BCUT2D eigenvalue weighted by atomic mass is 19.4. The van der Waals surface area contributed by atoms with Crippen molar-refractivity contribution in [2.75, 3.05) is 0 Å². The van der Waals surface area contributed by atoms with Gasteiger partial charge in [0.1, 0.15) is 12.0 Å². The summed E-state index contributed by atoms with van der Waals surface area (Å²) in [6, 6.07) is 13.8. The molecule has 0 aliphatic rings. The summed E-state index contributed by atoms with van der Waals surface area (Å²) in [5, 5.41) is 0. The lowest BCUT2D eigenvalue weighted by atomic mass is 10.1. The molecule has 4 nitrogen and oxygen atoms in total. The van der Waals surface area contributed by atoms with Gasteiger partial charge >= 0.3 is 6.36 Å². The summed E-state index contributed by atoms with van der Waals surface area (Å²) in [7, 11) is 0. The number of hydrogen-bond acceptors (Lipinski definition) is 4. The van der Waals surface area contributed by atoms with Crippen LogP contribution in [0.5, 0.6) is 5.75 Å². The molecule has 0 fully saturated rings. The van der Waals surface area contributed by atoms with Gasteiger partial charge in [-0.05, 0) is 30.3 Å². The number of carbonyl (C=O) groups excluding carboxylic acids is 1. The van der Waals surface area contributed by atoms with Crippen molar-refractivity contribution in [1.82, 2.24) is 9.97 Å². The van der Waals surface area contributed by atoms with Crippen molar-refractivity contribution in [3.63, 3.8) is 0 Å². The number of carbonyl (C=O) groups is 1. The number of hydrogen-bond donors (Lipinski definition) is 0. The van der Waals surface area contributed by atoms with Gasteiger partial charge < -0.3 is 4.74 Å². The van der Waals surface area contributed by atoms with Crippen molar-refractivity contribution in [1.29, 1.82) is 0 Å². The van der Waals surface area contributed by atoms with Crippen LogP contribution in [0.25, 0.3) is 22.6 Å². The Morgan fingerprint density at radius 3 is 2.12 bits per heavy atom. The zero-order valence-corrected chi connectivity index (χ0v) is 12.7. The molecule has 0 saturated carbocycles. The second-order valence-corrected chi connectivity index (χ2v) is 5.08. The average Bonchev–Trinajstić information content (AvgIpc) is 2.61. The summed E-state index contributed by atoms with van der Waals surface area (Å²) in [6.07, 6.45) is -2.42. The number of ether oxygens (including phenoxy) is 1. The molecule has 3 aromatic rings. The number of rotatable bonds is 4. The molecule has 0 amide bonds. The van der Waals surface area contributed by atoms with E-state index in [0.29, 0.717) is 22.6 Å². The third kappa shape index (κ3) is 4.20. The molecule has 0 aliphatic heterocycles. The zero-order chi connectivity index (χ0) is 17.9. The minimum atomic E-state index is -4.72. The fourth-order valence-corrected chi connectivity index (χ4v) is 2.20. The van der Waals surface area contributed by atoms with Gasteiger partial charge in [0.2, 0.25) is 0 Å². The van der Waals surface area contributed by atoms with Crippen LogP contribution >= 0.6 is 0 Å². The van der Waals surface area contributed by atoms with E-state index in [1.807, 2.05) is 0 Å². The molecular weight excluding hydrogens is 333 g/mol. The third-order valence-corrected chi connectivity index (χ3v) is 3.34. The van der Waals surface area contributed by atoms with Crippen LogP contribution in [-0.4, -0.2) is 22.6 Å². The first kappa shape index (κ1) is 16.6. The van der Waals surface area contributed by atoms with Crippen LogP contribution in [-0.2, 0) is 0 Å². The van der Waals surface area contributed by atoms with E-state index in [-0.39, 0.29) is 5.75 Å². The van der Waals surface area contributed by atoms with Crippen LogP contribution in [0.2, 0.25) is 0 Å². The van der Waals surface area contributed by atoms with Gasteiger partial charge in [0.25, 0.3) is 0 Å². The molecule has 0 unspecified atom stereocenters. The van der Waals surface area contributed by atoms with Gasteiger partial charge in [-0.25, -0.2) is 9.97 Å². The van der Waals surface area contributed by atoms with Gasteiger partial charge in [-0.2, -0.15) is 0 Å². The standard InChI is InChI=1S/C18H11F3N2O2/c19-18(20,21)25-15-7-5-13(6-8-15)16-9-10-22-17(23-16)14-3-1-12(11-24)2-4-14/h1-11H. The monoisotopic (exact) mass is 344 g/mol. The third-order valence-electron chi connectivity index (χ3n) is 3.34. The van der Waals surface area contributed by atoms with Crippen molar-refractivity contribution in [3.05, 3.63) is 66.4 Å². The van der Waals surface area contributed by atoms with Crippen molar-refractivity contribution in [2.24, 2.45) is 0 Å². The number of benzene rings is 2. The molecule has 0 spiro atoms. The van der Waals surface area contributed by atoms with Crippen LogP contribution in [0.3, 0.4) is 0 Å². The zero-order valence-electron chi connectivity index (χ0n) is 12.7. The number of halogens is 3. The van der Waals surface area contributed by atoms with E-state index in [1.54, 1.807) is 36.5 Å². The number of aldehydes is 1. The fourth-order valence-electron chi connectivity index (χ4n) is 2.20. The van der Waals surface area contributed by atoms with E-state index >= 15 is 0 Å². The van der Waals surface area contributed by atoms with Gasteiger partial charge in [-0.15, -0.1) is 13.2 Å². The molecule has 126 valence electrons. The van der Waals surface area contributed by atoms with E-state index in [0.717, 1.165) is 11.8 Å². The van der Waals surface area contributed by atoms with E-state index in [1.165, 1.54) is 24.3 Å². The fraction of sp³-hybridized carbons (Fsp3) is 0.0556. The Morgan fingerprint density at radius 1 is 0.880 bits per heavy atom. The molecule has 0 atom stereocenters. The lowest BCUT2D eigenvalue weighted by Crippen LogP contribution is -2.16. The normalized spacial score (nSPS) is 11.2. The molecule has 1 aromatic heterocycles. The molecule has 25 heavy (non-hydrogen) atoms. The van der Waals surface area contributed by atoms with Gasteiger partial charge in [-0.1, -0.05) is 24.3 Å². The topological polar surface area (TPSA) is 52.1 Å². The molecule has 7 heteroatoms. The molecule has 0 bridgehead atoms. The van der Waals surface area contributed by atoms with E-state index in [4.69, 9.17) is 0 Å². The molecule has 0 saturated heterocycles. The minimum Gasteiger partial charge on any atom is -0.406 e. The summed E-state index contributed by atoms with van der Waals surface area (Å²) >= 11 is 0. The van der Waals surface area contributed by atoms with Crippen LogP contribution in [0, 0.1) is 0 Å². The maximum absolute atomic E-state index is 12.2. The van der Waals surface area contributed by atoms with Crippen molar-refractivity contribution in [2.45, 2.75) is 6.36 Å². The SMILES string of the molecule is O=Cc1ccc(-c2nccc(-c3ccc(OC(F)(F)F)cc3)n2)cc1. The number of alkyl halides is 3. The van der Waals surface area contributed by atoms with Crippen molar-refractivity contribution >= 4 is 6.29 Å². The molecule has 0 aliphatic carbocycles. The summed E-state index contributed by atoms with van der Waals surface area (Å²) in [5.74, 6) is 0.153. The summed E-state index contributed by atoms with van der Waals surface area (Å²) in [6.45, 7) is 0. The van der Waals surface area contributed by atoms with Gasteiger partial charge in [0, 0.05) is 22.9 Å². The minimum absolute atomic E-state index is 0.296. The first-order chi connectivity index (χ1) is 11.9. The quantitative estimate of drug-likeness (QED) is 0.653. The molecule has 1 heterocycles. The Kier molecular flexibility index (Phi) is 4.47. The van der Waals surface area contributed by atoms with E-state index in [9.17, 15) is 18.0 Å². The largest absolute Gasteiger partial charge is 0.573 e. The predicted octanol–water partition coefficient (Wildman–Crippen LogP) is 4.52. The van der Waals surface area contributed by atoms with Crippen LogP contribution in [0.4, 0.5) is 13.2 Å². The Balaban J connectivity index is 1.86. The van der Waals surface area contributed by atoms with Crippen LogP contribution < -0.4 is 4.74 Å². The maximum Gasteiger partial charge on any atom is 0.573 e. The number of aromatic nitrogens is 2. The average molecular weight is 344 g/mol. The Labute approximate surface area is 140 Å². The Morgan fingerprint density at radius 2 is 1.52 bits per heavy atom. The molecule has 0 radical (unpaired) electrons. The molecule has 0 N–H and O–H groups in total. The van der Waals surface area contributed by atoms with Gasteiger partial charge in [-0.3, -0.25) is 4.79 Å². The first-order valence-electron chi connectivity index (χ1n) is 7.19. The summed E-state index contributed by atoms with van der Waals surface area (Å²) in [5.41, 5.74) is 2.45. The lowest BCUT2D eigenvalue weighted by Gasteiger charge is -2.09. The summed E-state index contributed by atoms with van der Waals surface area (Å²) < 4.78 is 40.4. The molecule has 3 rings (SSSR count). The van der Waals surface area contributed by atoms with Crippen molar-refractivity contribution in [3.8, 4) is 28.4 Å². The second kappa shape index (κ2) is 6.72. The predicted molar refractivity (Wildman–Crippen MR) is 85.0 cm³/mol. The van der Waals surface area contributed by atoms with Crippen LogP contribution in [0.1, 0.15) is 10.4 Å². The Hall–Kier alpha value is -3.22. The smallest absolute Gasteiger partial charge is 0.406 e. The highest BCUT2D eigenvalue weighted by Gasteiger charge is 2.30. The maximum atomic E-state index is 12.2. The Bertz CT molecular complexity index is 876. The number of nitrogens with zero attached hydrogens (tertiary/aromatic N) is 2. The molecule has 2 aromatic carbocycles. The highest BCUT2D eigenvalue weighted by Crippen LogP contribution is 2.26. The highest BCUT2D eigenvalue weighted by molar-refractivity contribution is 5.76. The first-order valence-corrected chi connectivity index (χ1v) is 7.19. The van der Waals surface area contributed by atoms with E-state index in [2.05, 4.69) is 14.7 Å². The summed E-state index contributed by atoms with van der Waals surface area (Å²) in [4.78, 5) is 19.3. The molecular formula is C18H11F3N2O2. The van der Waals surface area contributed by atoms with Gasteiger partial charge in [0.15, 0.2) is 5.82 Å². The lowest BCUT2D eigenvalue weighted by molar-refractivity contribution is -0.274. The second-order valence-electron chi connectivity index (χ2n) is 5.08. The van der Waals surface area contributed by atoms with Crippen LogP contribution in [0.15, 0.2) is 60.8 Å².